The van der Waals surface area contributed by atoms with E-state index < -0.39 is 5.97 Å². The Kier molecular flexibility index (Phi) is 8.30. The number of morpholine rings is 1. The second kappa shape index (κ2) is 11.2. The molecule has 0 amide bonds. The Labute approximate surface area is 185 Å². The summed E-state index contributed by atoms with van der Waals surface area (Å²) in [6.45, 7) is 4.31. The fraction of sp³-hybridized carbons (Fsp3) is 0.318. The largest absolute Gasteiger partial charge is 0.378 e. The van der Waals surface area contributed by atoms with Crippen molar-refractivity contribution in [2.24, 2.45) is 5.16 Å². The normalized spacial score (nSPS) is 14.5. The van der Waals surface area contributed by atoms with E-state index in [1.165, 1.54) is 6.92 Å². The smallest absolute Gasteiger partial charge is 0.331 e. The number of anilines is 1. The maximum Gasteiger partial charge on any atom is 0.331 e. The molecule has 0 aromatic heterocycles. The van der Waals surface area contributed by atoms with Gasteiger partial charge in [-0.3, -0.25) is 4.79 Å². The molecule has 0 aliphatic carbocycles. The molecule has 1 heterocycles. The van der Waals surface area contributed by atoms with Crippen LogP contribution in [0, 0.1) is 0 Å². The number of carbonyl (C=O) groups is 2. The van der Waals surface area contributed by atoms with Gasteiger partial charge in [-0.15, -0.1) is 11.8 Å². The third kappa shape index (κ3) is 6.58. The van der Waals surface area contributed by atoms with Gasteiger partial charge in [0.2, 0.25) is 5.78 Å². The van der Waals surface area contributed by atoms with Gasteiger partial charge >= 0.3 is 5.97 Å². The van der Waals surface area contributed by atoms with E-state index in [-0.39, 0.29) is 11.5 Å². The van der Waals surface area contributed by atoms with Gasteiger partial charge in [0.25, 0.3) is 0 Å². The van der Waals surface area contributed by atoms with Crippen LogP contribution in [0.15, 0.2) is 58.6 Å². The van der Waals surface area contributed by atoms with Gasteiger partial charge in [-0.25, -0.2) is 4.79 Å². The molecule has 1 aliphatic rings. The molecule has 1 fully saturated rings. The standard InChI is InChI=1S/C22H23ClN2O4S/c1-16(26)29-24-21(10-15-30-20-8-4-18(23)5-9-20)22(27)17-2-6-19(7-3-17)25-11-13-28-14-12-25/h2-9H,10-15H2,1H3/b24-21+. The number of carbonyl (C=O) groups excluding carboxylic acids is 2. The van der Waals surface area contributed by atoms with Gasteiger partial charge in [0, 0.05) is 53.4 Å². The maximum atomic E-state index is 12.9. The van der Waals surface area contributed by atoms with Crippen molar-refractivity contribution in [3.05, 3.63) is 59.1 Å². The number of ether oxygens (including phenoxy) is 1. The third-order valence-corrected chi connectivity index (χ3v) is 5.74. The lowest BCUT2D eigenvalue weighted by atomic mass is 10.0. The molecule has 0 unspecified atom stereocenters. The van der Waals surface area contributed by atoms with Crippen molar-refractivity contribution < 1.29 is 19.2 Å². The van der Waals surface area contributed by atoms with E-state index in [0.29, 0.717) is 36.0 Å². The zero-order chi connectivity index (χ0) is 21.3. The van der Waals surface area contributed by atoms with E-state index in [9.17, 15) is 9.59 Å². The fourth-order valence-electron chi connectivity index (χ4n) is 2.93. The van der Waals surface area contributed by atoms with Crippen LogP contribution in [0.4, 0.5) is 5.69 Å². The second-order valence-corrected chi connectivity index (χ2v) is 8.25. The first-order valence-electron chi connectivity index (χ1n) is 9.63. The first-order valence-corrected chi connectivity index (χ1v) is 11.0. The summed E-state index contributed by atoms with van der Waals surface area (Å²) in [4.78, 5) is 32.1. The Morgan fingerprint density at radius 1 is 1.10 bits per heavy atom. The second-order valence-electron chi connectivity index (χ2n) is 6.65. The highest BCUT2D eigenvalue weighted by molar-refractivity contribution is 7.99. The molecule has 0 bridgehead atoms. The van der Waals surface area contributed by atoms with Crippen LogP contribution in [0.1, 0.15) is 23.7 Å². The Morgan fingerprint density at radius 3 is 2.40 bits per heavy atom. The number of Topliss-reactive ketones (excluding diaryl/α,β-unsaturated/α-hetero) is 1. The van der Waals surface area contributed by atoms with Gasteiger partial charge in [-0.05, 0) is 48.5 Å². The molecule has 0 radical (unpaired) electrons. The minimum Gasteiger partial charge on any atom is -0.378 e. The molecule has 158 valence electrons. The number of oxime groups is 1. The molecule has 2 aromatic rings. The van der Waals surface area contributed by atoms with Gasteiger partial charge in [0.1, 0.15) is 5.71 Å². The van der Waals surface area contributed by atoms with E-state index in [0.717, 1.165) is 23.7 Å². The molecule has 3 rings (SSSR count). The lowest BCUT2D eigenvalue weighted by molar-refractivity contribution is -0.140. The van der Waals surface area contributed by atoms with Crippen LogP contribution in [0.2, 0.25) is 5.02 Å². The van der Waals surface area contributed by atoms with Crippen molar-refractivity contribution in [3.8, 4) is 0 Å². The number of ketones is 1. The number of nitrogens with zero attached hydrogens (tertiary/aromatic N) is 2. The fourth-order valence-corrected chi connectivity index (χ4v) is 3.91. The highest BCUT2D eigenvalue weighted by atomic mass is 35.5. The van der Waals surface area contributed by atoms with Crippen LogP contribution in [0.5, 0.6) is 0 Å². The average Bonchev–Trinajstić information content (AvgIpc) is 2.77. The quantitative estimate of drug-likeness (QED) is 0.196. The van der Waals surface area contributed by atoms with E-state index >= 15 is 0 Å². The molecule has 0 N–H and O–H groups in total. The van der Waals surface area contributed by atoms with Crippen molar-refractivity contribution in [3.63, 3.8) is 0 Å². The molecule has 0 saturated carbocycles. The van der Waals surface area contributed by atoms with Crippen LogP contribution < -0.4 is 4.90 Å². The average molecular weight is 447 g/mol. The topological polar surface area (TPSA) is 68.2 Å². The predicted octanol–water partition coefficient (Wildman–Crippen LogP) is 4.46. The third-order valence-electron chi connectivity index (χ3n) is 4.47. The highest BCUT2D eigenvalue weighted by Gasteiger charge is 2.17. The van der Waals surface area contributed by atoms with Gasteiger partial charge in [-0.1, -0.05) is 16.8 Å². The summed E-state index contributed by atoms with van der Waals surface area (Å²) < 4.78 is 5.37. The van der Waals surface area contributed by atoms with Crippen LogP contribution in [0.25, 0.3) is 0 Å². The van der Waals surface area contributed by atoms with Crippen LogP contribution in [0.3, 0.4) is 0 Å². The minimum atomic E-state index is -0.562. The van der Waals surface area contributed by atoms with E-state index in [4.69, 9.17) is 21.2 Å². The monoisotopic (exact) mass is 446 g/mol. The Bertz CT molecular complexity index is 894. The van der Waals surface area contributed by atoms with Crippen LogP contribution in [-0.4, -0.2) is 49.5 Å². The molecular formula is C22H23ClN2O4S. The number of hydrogen-bond donors (Lipinski definition) is 0. The number of thioether (sulfide) groups is 1. The Balaban J connectivity index is 1.66. The van der Waals surface area contributed by atoms with Crippen molar-refractivity contribution >= 4 is 46.5 Å². The molecule has 1 aliphatic heterocycles. The number of hydrogen-bond acceptors (Lipinski definition) is 7. The summed E-state index contributed by atoms with van der Waals surface area (Å²) >= 11 is 7.48. The number of halogens is 1. The minimum absolute atomic E-state index is 0.214. The Morgan fingerprint density at radius 2 is 1.77 bits per heavy atom. The van der Waals surface area contributed by atoms with E-state index in [2.05, 4.69) is 10.1 Å². The van der Waals surface area contributed by atoms with Gasteiger partial charge < -0.3 is 14.5 Å². The first kappa shape index (κ1) is 22.3. The molecule has 0 spiro atoms. The molecular weight excluding hydrogens is 424 g/mol. The van der Waals surface area contributed by atoms with Gasteiger partial charge in [0.15, 0.2) is 0 Å². The number of rotatable bonds is 8. The summed E-state index contributed by atoms with van der Waals surface area (Å²) in [5, 5.41) is 4.49. The van der Waals surface area contributed by atoms with Crippen molar-refractivity contribution in [2.75, 3.05) is 37.0 Å². The Hall–Kier alpha value is -2.35. The molecule has 6 nitrogen and oxygen atoms in total. The maximum absolute atomic E-state index is 12.9. The zero-order valence-corrected chi connectivity index (χ0v) is 18.2. The van der Waals surface area contributed by atoms with Crippen molar-refractivity contribution in [1.82, 2.24) is 0 Å². The molecule has 8 heteroatoms. The lowest BCUT2D eigenvalue weighted by Gasteiger charge is -2.28. The van der Waals surface area contributed by atoms with Crippen molar-refractivity contribution in [1.29, 1.82) is 0 Å². The van der Waals surface area contributed by atoms with Crippen LogP contribution in [-0.2, 0) is 14.4 Å². The van der Waals surface area contributed by atoms with Gasteiger partial charge in [-0.2, -0.15) is 0 Å². The molecule has 0 atom stereocenters. The SMILES string of the molecule is CC(=O)O/N=C(\CCSc1ccc(Cl)cc1)C(=O)c1ccc(N2CCOCC2)cc1. The first-order chi connectivity index (χ1) is 14.5. The van der Waals surface area contributed by atoms with E-state index in [1.807, 2.05) is 36.4 Å². The van der Waals surface area contributed by atoms with Crippen LogP contribution >= 0.6 is 23.4 Å². The van der Waals surface area contributed by atoms with Crippen molar-refractivity contribution in [2.45, 2.75) is 18.2 Å². The predicted molar refractivity (Wildman–Crippen MR) is 120 cm³/mol. The summed E-state index contributed by atoms with van der Waals surface area (Å²) in [6, 6.07) is 14.9. The van der Waals surface area contributed by atoms with Gasteiger partial charge in [0.05, 0.1) is 13.2 Å². The lowest BCUT2D eigenvalue weighted by Crippen LogP contribution is -2.36. The molecule has 30 heavy (non-hydrogen) atoms. The summed E-state index contributed by atoms with van der Waals surface area (Å²) in [5.41, 5.74) is 1.77. The van der Waals surface area contributed by atoms with E-state index in [1.54, 1.807) is 23.9 Å². The molecule has 2 aromatic carbocycles. The number of benzene rings is 2. The summed E-state index contributed by atoms with van der Waals surface area (Å²) in [7, 11) is 0. The molecule has 1 saturated heterocycles. The summed E-state index contributed by atoms with van der Waals surface area (Å²) in [6.07, 6.45) is 0.366. The highest BCUT2D eigenvalue weighted by Crippen LogP contribution is 2.22. The zero-order valence-electron chi connectivity index (χ0n) is 16.7. The summed E-state index contributed by atoms with van der Waals surface area (Å²) in [5.74, 6) is -0.200.